The molecule has 7 heteroatoms. The Bertz CT molecular complexity index is 1070. The highest BCUT2D eigenvalue weighted by Crippen LogP contribution is 2.15. The average molecular weight is 377 g/mol. The summed E-state index contributed by atoms with van der Waals surface area (Å²) in [6.07, 6.45) is 2.63. The summed E-state index contributed by atoms with van der Waals surface area (Å²) in [5.74, 6) is -1.59. The number of nitrogens with zero attached hydrogens (tertiary/aromatic N) is 1. The van der Waals surface area contributed by atoms with Crippen LogP contribution in [0.1, 0.15) is 38.0 Å². The van der Waals surface area contributed by atoms with Crippen LogP contribution in [-0.2, 0) is 0 Å². The molecule has 1 aromatic heterocycles. The molecule has 0 aliphatic rings. The second-order valence-electron chi connectivity index (χ2n) is 6.02. The summed E-state index contributed by atoms with van der Waals surface area (Å²) in [4.78, 5) is 40.2. The van der Waals surface area contributed by atoms with Gasteiger partial charge in [0.25, 0.3) is 11.8 Å². The predicted molar refractivity (Wildman–Crippen MR) is 103 cm³/mol. The minimum Gasteiger partial charge on any atom is -0.322 e. The molecule has 2 aromatic carbocycles. The van der Waals surface area contributed by atoms with E-state index in [1.807, 2.05) is 0 Å². The van der Waals surface area contributed by atoms with E-state index in [0.717, 1.165) is 0 Å². The molecule has 0 aliphatic heterocycles. The van der Waals surface area contributed by atoms with Crippen LogP contribution in [0.25, 0.3) is 0 Å². The lowest BCUT2D eigenvalue weighted by molar-refractivity contribution is 0.100. The summed E-state index contributed by atoms with van der Waals surface area (Å²) in [5.41, 5.74) is 1.53. The van der Waals surface area contributed by atoms with Gasteiger partial charge in [0, 0.05) is 29.3 Å². The minimum atomic E-state index is -0.522. The van der Waals surface area contributed by atoms with Gasteiger partial charge in [-0.3, -0.25) is 19.4 Å². The molecule has 0 unspecified atom stereocenters. The van der Waals surface area contributed by atoms with Crippen molar-refractivity contribution in [3.63, 3.8) is 0 Å². The number of ketones is 1. The van der Waals surface area contributed by atoms with E-state index in [9.17, 15) is 18.8 Å². The maximum atomic E-state index is 13.2. The molecule has 28 heavy (non-hydrogen) atoms. The zero-order valence-electron chi connectivity index (χ0n) is 14.9. The molecule has 0 saturated carbocycles. The van der Waals surface area contributed by atoms with Gasteiger partial charge in [0.1, 0.15) is 5.82 Å². The van der Waals surface area contributed by atoms with Crippen molar-refractivity contribution >= 4 is 29.0 Å². The number of benzene rings is 2. The average Bonchev–Trinajstić information content (AvgIpc) is 2.68. The molecule has 140 valence electrons. The lowest BCUT2D eigenvalue weighted by atomic mass is 10.1. The first-order chi connectivity index (χ1) is 13.4. The van der Waals surface area contributed by atoms with Gasteiger partial charge in [0.05, 0.1) is 11.1 Å². The molecule has 2 amide bonds. The van der Waals surface area contributed by atoms with Gasteiger partial charge >= 0.3 is 0 Å². The minimum absolute atomic E-state index is 0.117. The molecule has 0 fully saturated rings. The van der Waals surface area contributed by atoms with E-state index in [-0.39, 0.29) is 16.9 Å². The van der Waals surface area contributed by atoms with Crippen LogP contribution in [0.3, 0.4) is 0 Å². The van der Waals surface area contributed by atoms with Crippen molar-refractivity contribution in [3.8, 4) is 0 Å². The van der Waals surface area contributed by atoms with E-state index in [2.05, 4.69) is 15.6 Å². The van der Waals surface area contributed by atoms with E-state index in [4.69, 9.17) is 0 Å². The molecule has 6 nitrogen and oxygen atoms in total. The lowest BCUT2D eigenvalue weighted by Gasteiger charge is -2.08. The molecule has 3 rings (SSSR count). The van der Waals surface area contributed by atoms with Crippen LogP contribution >= 0.6 is 0 Å². The van der Waals surface area contributed by atoms with Crippen molar-refractivity contribution < 1.29 is 18.8 Å². The smallest absolute Gasteiger partial charge is 0.257 e. The van der Waals surface area contributed by atoms with Gasteiger partial charge in [-0.2, -0.15) is 0 Å². The summed E-state index contributed by atoms with van der Waals surface area (Å²) in [7, 11) is 0. The molecular weight excluding hydrogens is 361 g/mol. The second-order valence-corrected chi connectivity index (χ2v) is 6.02. The number of anilines is 2. The van der Waals surface area contributed by atoms with Gasteiger partial charge in [-0.25, -0.2) is 4.39 Å². The highest BCUT2D eigenvalue weighted by molar-refractivity contribution is 6.08. The zero-order chi connectivity index (χ0) is 20.1. The summed E-state index contributed by atoms with van der Waals surface area (Å²) >= 11 is 0. The Labute approximate surface area is 160 Å². The summed E-state index contributed by atoms with van der Waals surface area (Å²) < 4.78 is 13.2. The van der Waals surface area contributed by atoms with Gasteiger partial charge in [-0.15, -0.1) is 0 Å². The van der Waals surface area contributed by atoms with E-state index >= 15 is 0 Å². The Balaban J connectivity index is 1.75. The van der Waals surface area contributed by atoms with E-state index in [0.29, 0.717) is 16.9 Å². The third kappa shape index (κ3) is 4.64. The first-order valence-electron chi connectivity index (χ1n) is 8.37. The maximum absolute atomic E-state index is 13.2. The third-order valence-corrected chi connectivity index (χ3v) is 3.87. The number of rotatable bonds is 5. The highest BCUT2D eigenvalue weighted by atomic mass is 19.1. The number of aromatic nitrogens is 1. The van der Waals surface area contributed by atoms with Crippen molar-refractivity contribution in [1.82, 2.24) is 4.98 Å². The molecule has 1 heterocycles. The number of hydrogen-bond donors (Lipinski definition) is 2. The van der Waals surface area contributed by atoms with Crippen molar-refractivity contribution in [3.05, 3.63) is 89.5 Å². The number of pyridine rings is 1. The van der Waals surface area contributed by atoms with Crippen LogP contribution in [0, 0.1) is 5.82 Å². The van der Waals surface area contributed by atoms with Gasteiger partial charge in [0.2, 0.25) is 0 Å². The van der Waals surface area contributed by atoms with Crippen LogP contribution < -0.4 is 10.6 Å². The Morgan fingerprint density at radius 3 is 1.93 bits per heavy atom. The highest BCUT2D eigenvalue weighted by Gasteiger charge is 2.13. The predicted octanol–water partition coefficient (Wildman–Crippen LogP) is 3.93. The quantitative estimate of drug-likeness (QED) is 0.660. The summed E-state index contributed by atoms with van der Waals surface area (Å²) in [6, 6.07) is 13.4. The van der Waals surface area contributed by atoms with Crippen molar-refractivity contribution in [2.45, 2.75) is 6.92 Å². The Morgan fingerprint density at radius 1 is 0.786 bits per heavy atom. The van der Waals surface area contributed by atoms with Crippen LogP contribution in [0.5, 0.6) is 0 Å². The van der Waals surface area contributed by atoms with E-state index in [1.165, 1.54) is 43.6 Å². The zero-order valence-corrected chi connectivity index (χ0v) is 14.9. The SMILES string of the molecule is CC(=O)c1cccc(NC(=O)c2cncc(C(=O)Nc3cccc(F)c3)c2)c1. The Kier molecular flexibility index (Phi) is 5.55. The van der Waals surface area contributed by atoms with Gasteiger partial charge in [-0.1, -0.05) is 18.2 Å². The van der Waals surface area contributed by atoms with E-state index < -0.39 is 17.6 Å². The number of nitrogens with one attached hydrogen (secondary N) is 2. The standard InChI is InChI=1S/C21H16FN3O3/c1-13(26)14-4-2-6-18(9-14)24-20(27)15-8-16(12-23-11-15)21(28)25-19-7-3-5-17(22)10-19/h2-12H,1H3,(H,24,27)(H,25,28). The molecular formula is C21H16FN3O3. The van der Waals surface area contributed by atoms with E-state index in [1.54, 1.807) is 30.3 Å². The molecule has 2 N–H and O–H groups in total. The van der Waals surface area contributed by atoms with Gasteiger partial charge < -0.3 is 10.6 Å². The molecule has 0 aliphatic carbocycles. The second kappa shape index (κ2) is 8.22. The Morgan fingerprint density at radius 2 is 1.36 bits per heavy atom. The van der Waals surface area contributed by atoms with Crippen LogP contribution in [0.4, 0.5) is 15.8 Å². The number of hydrogen-bond acceptors (Lipinski definition) is 4. The fourth-order valence-corrected chi connectivity index (χ4v) is 2.48. The fraction of sp³-hybridized carbons (Fsp3) is 0.0476. The van der Waals surface area contributed by atoms with Crippen molar-refractivity contribution in [2.75, 3.05) is 10.6 Å². The molecule has 3 aromatic rings. The first kappa shape index (κ1) is 18.9. The molecule has 0 atom stereocenters. The Hall–Kier alpha value is -3.87. The maximum Gasteiger partial charge on any atom is 0.257 e. The van der Waals surface area contributed by atoms with Crippen LogP contribution in [0.2, 0.25) is 0 Å². The van der Waals surface area contributed by atoms with Gasteiger partial charge in [-0.05, 0) is 43.3 Å². The molecule has 0 radical (unpaired) electrons. The number of carbonyl (C=O) groups is 3. The van der Waals surface area contributed by atoms with Gasteiger partial charge in [0.15, 0.2) is 5.78 Å². The number of amides is 2. The van der Waals surface area contributed by atoms with Crippen molar-refractivity contribution in [2.24, 2.45) is 0 Å². The number of carbonyl (C=O) groups excluding carboxylic acids is 3. The largest absolute Gasteiger partial charge is 0.322 e. The van der Waals surface area contributed by atoms with Crippen molar-refractivity contribution in [1.29, 1.82) is 0 Å². The topological polar surface area (TPSA) is 88.2 Å². The summed E-state index contributed by atoms with van der Waals surface area (Å²) in [6.45, 7) is 1.44. The third-order valence-electron chi connectivity index (χ3n) is 3.87. The number of halogens is 1. The number of Topliss-reactive ketones (excluding diaryl/α,β-unsaturated/α-hetero) is 1. The first-order valence-corrected chi connectivity index (χ1v) is 8.37. The summed E-state index contributed by atoms with van der Waals surface area (Å²) in [5, 5.41) is 5.21. The molecule has 0 saturated heterocycles. The monoisotopic (exact) mass is 377 g/mol. The lowest BCUT2D eigenvalue weighted by Crippen LogP contribution is -2.16. The molecule has 0 spiro atoms. The molecule has 0 bridgehead atoms. The normalized spacial score (nSPS) is 10.2. The van der Waals surface area contributed by atoms with Crippen LogP contribution in [0.15, 0.2) is 67.0 Å². The fourth-order valence-electron chi connectivity index (χ4n) is 2.48. The van der Waals surface area contributed by atoms with Crippen LogP contribution in [-0.4, -0.2) is 22.6 Å².